The summed E-state index contributed by atoms with van der Waals surface area (Å²) in [7, 11) is -3.51. The first-order valence-electron chi connectivity index (χ1n) is 6.22. The van der Waals surface area contributed by atoms with Crippen LogP contribution in [0.3, 0.4) is 0 Å². The fourth-order valence-corrected chi connectivity index (χ4v) is 4.08. The molecule has 0 aliphatic carbocycles. The van der Waals surface area contributed by atoms with Crippen LogP contribution in [0.15, 0.2) is 29.4 Å². The number of aromatic nitrogens is 1. The molecule has 0 radical (unpaired) electrons. The zero-order chi connectivity index (χ0) is 13.2. The molecule has 5 nitrogen and oxygen atoms in total. The Bertz CT molecular complexity index is 487. The average molecular weight is 269 g/mol. The Morgan fingerprint density at radius 1 is 1.44 bits per heavy atom. The predicted octanol–water partition coefficient (Wildman–Crippen LogP) is 0.972. The lowest BCUT2D eigenvalue weighted by molar-refractivity contribution is 0.227. The highest BCUT2D eigenvalue weighted by Crippen LogP contribution is 2.25. The summed E-state index contributed by atoms with van der Waals surface area (Å²) in [5.74, 6) is 0. The molecule has 1 saturated heterocycles. The van der Waals surface area contributed by atoms with Gasteiger partial charge in [0.2, 0.25) is 0 Å². The van der Waals surface area contributed by atoms with E-state index in [-0.39, 0.29) is 17.1 Å². The Hall–Kier alpha value is -0.980. The van der Waals surface area contributed by atoms with Gasteiger partial charge in [-0.05, 0) is 31.9 Å². The second-order valence-electron chi connectivity index (χ2n) is 4.71. The number of nitrogens with two attached hydrogens (primary N) is 1. The highest BCUT2D eigenvalue weighted by molar-refractivity contribution is 7.89. The van der Waals surface area contributed by atoms with Crippen molar-refractivity contribution >= 4 is 10.0 Å². The number of hydrogen-bond donors (Lipinski definition) is 1. The van der Waals surface area contributed by atoms with Crippen LogP contribution in [0.5, 0.6) is 0 Å². The van der Waals surface area contributed by atoms with Crippen molar-refractivity contribution in [1.82, 2.24) is 9.29 Å². The minimum Gasteiger partial charge on any atom is -0.326 e. The molecule has 2 N–H and O–H groups in total. The normalized spacial score (nSPS) is 23.8. The maximum Gasteiger partial charge on any atom is 0.260 e. The molecule has 1 aromatic rings. The van der Waals surface area contributed by atoms with Gasteiger partial charge in [-0.15, -0.1) is 0 Å². The molecule has 2 rings (SSSR count). The number of nitrogens with zero attached hydrogens (tertiary/aromatic N) is 2. The van der Waals surface area contributed by atoms with E-state index in [1.807, 2.05) is 6.92 Å². The molecular weight excluding hydrogens is 250 g/mol. The average Bonchev–Trinajstić information content (AvgIpc) is 2.39. The molecule has 100 valence electrons. The third kappa shape index (κ3) is 2.55. The maximum atomic E-state index is 12.5. The highest BCUT2D eigenvalue weighted by atomic mass is 32.2. The number of piperidine rings is 1. The second kappa shape index (κ2) is 5.34. The fourth-order valence-electron chi connectivity index (χ4n) is 2.37. The zero-order valence-electron chi connectivity index (χ0n) is 10.5. The van der Waals surface area contributed by atoms with E-state index in [0.29, 0.717) is 6.54 Å². The molecule has 0 saturated carbocycles. The quantitative estimate of drug-likeness (QED) is 0.887. The first-order chi connectivity index (χ1) is 8.53. The van der Waals surface area contributed by atoms with Crippen LogP contribution in [0.4, 0.5) is 0 Å². The van der Waals surface area contributed by atoms with Crippen molar-refractivity contribution in [2.45, 2.75) is 43.3 Å². The van der Waals surface area contributed by atoms with Crippen molar-refractivity contribution < 1.29 is 8.42 Å². The number of pyridine rings is 1. The lowest BCUT2D eigenvalue weighted by Crippen LogP contribution is -2.51. The second-order valence-corrected chi connectivity index (χ2v) is 6.54. The summed E-state index contributed by atoms with van der Waals surface area (Å²) in [5, 5.41) is 0.109. The number of hydrogen-bond acceptors (Lipinski definition) is 4. The van der Waals surface area contributed by atoms with Gasteiger partial charge in [0.15, 0.2) is 5.03 Å². The zero-order valence-corrected chi connectivity index (χ0v) is 11.3. The Kier molecular flexibility index (Phi) is 3.99. The SMILES string of the molecule is C[C@H](N)[C@@H]1CCCCN1S(=O)(=O)c1ccccn1. The summed E-state index contributed by atoms with van der Waals surface area (Å²) in [6, 6.07) is 4.64. The van der Waals surface area contributed by atoms with E-state index in [2.05, 4.69) is 4.98 Å². The van der Waals surface area contributed by atoms with Crippen molar-refractivity contribution in [1.29, 1.82) is 0 Å². The lowest BCUT2D eigenvalue weighted by atomic mass is 10.00. The van der Waals surface area contributed by atoms with E-state index in [9.17, 15) is 8.42 Å². The van der Waals surface area contributed by atoms with Gasteiger partial charge in [0.05, 0.1) is 0 Å². The largest absolute Gasteiger partial charge is 0.326 e. The van der Waals surface area contributed by atoms with Crippen LogP contribution in [0, 0.1) is 0 Å². The Balaban J connectivity index is 2.34. The molecule has 1 fully saturated rings. The third-order valence-corrected chi connectivity index (χ3v) is 5.16. The van der Waals surface area contributed by atoms with Crippen LogP contribution in [0.1, 0.15) is 26.2 Å². The summed E-state index contributed by atoms with van der Waals surface area (Å²) in [4.78, 5) is 3.95. The van der Waals surface area contributed by atoms with Crippen molar-refractivity contribution in [2.75, 3.05) is 6.54 Å². The monoisotopic (exact) mass is 269 g/mol. The molecule has 0 spiro atoms. The molecule has 18 heavy (non-hydrogen) atoms. The van der Waals surface area contributed by atoms with Gasteiger partial charge in [-0.2, -0.15) is 4.31 Å². The van der Waals surface area contributed by atoms with Crippen molar-refractivity contribution in [3.63, 3.8) is 0 Å². The van der Waals surface area contributed by atoms with Gasteiger partial charge < -0.3 is 5.73 Å². The van der Waals surface area contributed by atoms with Crippen LogP contribution >= 0.6 is 0 Å². The minimum absolute atomic E-state index is 0.109. The van der Waals surface area contributed by atoms with Gasteiger partial charge >= 0.3 is 0 Å². The number of sulfonamides is 1. The molecule has 0 bridgehead atoms. The molecule has 1 aliphatic heterocycles. The standard InChI is InChI=1S/C12H19N3O2S/c1-10(13)11-6-3-5-9-15(11)18(16,17)12-7-2-4-8-14-12/h2,4,7-8,10-11H,3,5-6,9,13H2,1H3/t10-,11-/m0/s1. The van der Waals surface area contributed by atoms with Crippen molar-refractivity contribution in [2.24, 2.45) is 5.73 Å². The molecule has 6 heteroatoms. The van der Waals surface area contributed by atoms with E-state index < -0.39 is 10.0 Å². The molecule has 2 atom stereocenters. The molecule has 0 amide bonds. The Labute approximate surface area is 108 Å². The molecule has 1 aliphatic rings. The molecular formula is C12H19N3O2S. The van der Waals surface area contributed by atoms with E-state index in [1.54, 1.807) is 12.1 Å². The molecule has 1 aromatic heterocycles. The van der Waals surface area contributed by atoms with Crippen LogP contribution in [0.25, 0.3) is 0 Å². The summed E-state index contributed by atoms with van der Waals surface area (Å²) >= 11 is 0. The van der Waals surface area contributed by atoms with Crippen LogP contribution in [-0.4, -0.2) is 36.3 Å². The Morgan fingerprint density at radius 2 is 2.22 bits per heavy atom. The molecule has 0 unspecified atom stereocenters. The van der Waals surface area contributed by atoms with E-state index >= 15 is 0 Å². The molecule has 2 heterocycles. The lowest BCUT2D eigenvalue weighted by Gasteiger charge is -2.36. The van der Waals surface area contributed by atoms with Crippen LogP contribution < -0.4 is 5.73 Å². The van der Waals surface area contributed by atoms with Gasteiger partial charge in [-0.25, -0.2) is 13.4 Å². The van der Waals surface area contributed by atoms with E-state index in [1.165, 1.54) is 16.6 Å². The van der Waals surface area contributed by atoms with E-state index in [0.717, 1.165) is 19.3 Å². The van der Waals surface area contributed by atoms with Gasteiger partial charge in [-0.1, -0.05) is 12.5 Å². The minimum atomic E-state index is -3.51. The first kappa shape index (κ1) is 13.5. The van der Waals surface area contributed by atoms with Gasteiger partial charge in [0.25, 0.3) is 10.0 Å². The van der Waals surface area contributed by atoms with Gasteiger partial charge in [0, 0.05) is 24.8 Å². The fraction of sp³-hybridized carbons (Fsp3) is 0.583. The van der Waals surface area contributed by atoms with Crippen molar-refractivity contribution in [3.8, 4) is 0 Å². The summed E-state index contributed by atoms with van der Waals surface area (Å²) in [6.07, 6.45) is 4.23. The van der Waals surface area contributed by atoms with Crippen molar-refractivity contribution in [3.05, 3.63) is 24.4 Å². The maximum absolute atomic E-state index is 12.5. The predicted molar refractivity (Wildman–Crippen MR) is 69.4 cm³/mol. The van der Waals surface area contributed by atoms with Gasteiger partial charge in [0.1, 0.15) is 0 Å². The smallest absolute Gasteiger partial charge is 0.260 e. The summed E-state index contributed by atoms with van der Waals surface area (Å²) in [5.41, 5.74) is 5.91. The van der Waals surface area contributed by atoms with Crippen LogP contribution in [0.2, 0.25) is 0 Å². The summed E-state index contributed by atoms with van der Waals surface area (Å²) in [6.45, 7) is 2.39. The first-order valence-corrected chi connectivity index (χ1v) is 7.66. The Morgan fingerprint density at radius 3 is 2.83 bits per heavy atom. The highest BCUT2D eigenvalue weighted by Gasteiger charge is 2.35. The van der Waals surface area contributed by atoms with E-state index in [4.69, 9.17) is 5.73 Å². The third-order valence-electron chi connectivity index (χ3n) is 3.32. The number of rotatable bonds is 3. The molecule has 0 aromatic carbocycles. The summed E-state index contributed by atoms with van der Waals surface area (Å²) < 4.78 is 26.5. The van der Waals surface area contributed by atoms with Crippen LogP contribution in [-0.2, 0) is 10.0 Å². The van der Waals surface area contributed by atoms with Gasteiger partial charge in [-0.3, -0.25) is 0 Å². The topological polar surface area (TPSA) is 76.3 Å².